The third-order valence-electron chi connectivity index (χ3n) is 11.8. The van der Waals surface area contributed by atoms with Crippen LogP contribution in [0.15, 0.2) is 119 Å². The van der Waals surface area contributed by atoms with E-state index in [1.54, 1.807) is 24.3 Å². The second kappa shape index (κ2) is 20.0. The molecule has 0 spiro atoms. The first kappa shape index (κ1) is 43.9. The Balaban J connectivity index is 0.000000199. The predicted molar refractivity (Wildman–Crippen MR) is 251 cm³/mol. The SMILES string of the molecule is CC1=C(C2CCC(c3ccc(Cl)cc3)CC2)C(=O)c2ccccc2C1=O.CC1=C(C2CCC(c3ccc(Cl)cc3)CC2)C(=O)c2ccccc2C1=O.I.II. The van der Waals surface area contributed by atoms with Gasteiger partial charge in [-0.05, 0) is 124 Å². The van der Waals surface area contributed by atoms with E-state index < -0.39 is 0 Å². The summed E-state index contributed by atoms with van der Waals surface area (Å²) in [7, 11) is 0. The van der Waals surface area contributed by atoms with Crippen LogP contribution in [0.4, 0.5) is 0 Å². The first-order valence-electron chi connectivity index (χ1n) is 18.6. The third-order valence-corrected chi connectivity index (χ3v) is 12.3. The van der Waals surface area contributed by atoms with E-state index in [1.165, 1.54) is 11.1 Å². The van der Waals surface area contributed by atoms with E-state index in [0.717, 1.165) is 72.6 Å². The number of carbonyl (C=O) groups excluding carboxylic acids is 4. The summed E-state index contributed by atoms with van der Waals surface area (Å²) in [6.45, 7) is 3.63. The van der Waals surface area contributed by atoms with Crippen molar-refractivity contribution in [2.24, 2.45) is 11.8 Å². The van der Waals surface area contributed by atoms with Crippen LogP contribution in [0.25, 0.3) is 0 Å². The molecule has 2 saturated carbocycles. The molecule has 4 aromatic rings. The molecule has 0 bridgehead atoms. The highest BCUT2D eigenvalue weighted by atomic mass is 128. The lowest BCUT2D eigenvalue weighted by molar-refractivity contribution is 0.0960. The highest BCUT2D eigenvalue weighted by Crippen LogP contribution is 2.44. The first-order chi connectivity index (χ1) is 26.1. The Hall–Kier alpha value is -2.19. The molecule has 2 fully saturated rings. The summed E-state index contributed by atoms with van der Waals surface area (Å²) >= 11 is 16.2. The van der Waals surface area contributed by atoms with Gasteiger partial charge in [-0.1, -0.05) is 96.0 Å². The number of rotatable bonds is 4. The molecule has 0 amide bonds. The quantitative estimate of drug-likeness (QED) is 0.191. The fraction of sp³-hybridized carbons (Fsp3) is 0.304. The van der Waals surface area contributed by atoms with Crippen molar-refractivity contribution in [2.45, 2.75) is 77.0 Å². The van der Waals surface area contributed by atoms with Crippen LogP contribution in [-0.4, -0.2) is 23.1 Å². The zero-order valence-electron chi connectivity index (χ0n) is 30.8. The van der Waals surface area contributed by atoms with Crippen LogP contribution in [0.2, 0.25) is 10.0 Å². The molecule has 4 aromatic carbocycles. The Morgan fingerprint density at radius 1 is 0.418 bits per heavy atom. The summed E-state index contributed by atoms with van der Waals surface area (Å²) in [5.74, 6) is 1.49. The maximum atomic E-state index is 13.0. The van der Waals surface area contributed by atoms with Gasteiger partial charge in [-0.15, -0.1) is 24.0 Å². The van der Waals surface area contributed by atoms with Crippen molar-refractivity contribution >= 4 is 108 Å². The topological polar surface area (TPSA) is 68.3 Å². The summed E-state index contributed by atoms with van der Waals surface area (Å²) in [6, 6.07) is 30.5. The molecule has 0 aromatic heterocycles. The van der Waals surface area contributed by atoms with Crippen LogP contribution in [0.1, 0.15) is 130 Å². The van der Waals surface area contributed by atoms with Gasteiger partial charge < -0.3 is 0 Å². The number of carbonyl (C=O) groups is 4. The molecule has 0 atom stereocenters. The van der Waals surface area contributed by atoms with E-state index in [-0.39, 0.29) is 58.9 Å². The van der Waals surface area contributed by atoms with Crippen LogP contribution in [0.5, 0.6) is 0 Å². The molecule has 8 rings (SSSR count). The summed E-state index contributed by atoms with van der Waals surface area (Å²) in [4.78, 5) is 51.5. The Kier molecular flexibility index (Phi) is 16.0. The minimum Gasteiger partial charge on any atom is -0.289 e. The molecule has 0 aliphatic heterocycles. The van der Waals surface area contributed by atoms with Crippen molar-refractivity contribution < 1.29 is 19.2 Å². The zero-order chi connectivity index (χ0) is 38.5. The average Bonchev–Trinajstić information content (AvgIpc) is 3.21. The largest absolute Gasteiger partial charge is 0.289 e. The number of fused-ring (bicyclic) bond motifs is 2. The number of hydrogen-bond acceptors (Lipinski definition) is 4. The third kappa shape index (κ3) is 9.58. The van der Waals surface area contributed by atoms with Gasteiger partial charge >= 0.3 is 0 Å². The fourth-order valence-corrected chi connectivity index (χ4v) is 9.17. The normalized spacial score (nSPS) is 22.0. The minimum atomic E-state index is 0. The molecule has 0 radical (unpaired) electrons. The van der Waals surface area contributed by atoms with Gasteiger partial charge in [0.2, 0.25) is 0 Å². The van der Waals surface area contributed by atoms with Gasteiger partial charge in [-0.25, -0.2) is 0 Å². The standard InChI is InChI=1S/2C23H21ClO2.I2.HI/c2*1-14-21(23(26)20-5-3-2-4-19(20)22(14)25)17-8-6-15(7-9-17)16-10-12-18(24)13-11-16;1-2;/h2*2-5,10-13,15,17H,6-9H2,1H3;;1H. The molecule has 4 aliphatic carbocycles. The van der Waals surface area contributed by atoms with Crippen molar-refractivity contribution in [1.82, 2.24) is 0 Å². The molecular formula is C46H43Cl2I3O4. The molecule has 0 heterocycles. The summed E-state index contributed by atoms with van der Waals surface area (Å²) in [5, 5.41) is 1.52. The summed E-state index contributed by atoms with van der Waals surface area (Å²) in [5.41, 5.74) is 7.65. The minimum absolute atomic E-state index is 0. The van der Waals surface area contributed by atoms with Crippen molar-refractivity contribution in [1.29, 1.82) is 0 Å². The molecular weight excluding hydrogens is 1070 g/mol. The van der Waals surface area contributed by atoms with Crippen LogP contribution >= 0.6 is 84.4 Å². The van der Waals surface area contributed by atoms with Crippen LogP contribution in [0, 0.1) is 11.8 Å². The number of allylic oxidation sites excluding steroid dienone is 4. The molecule has 9 heteroatoms. The second-order valence-corrected chi connectivity index (χ2v) is 15.6. The lowest BCUT2D eigenvalue weighted by Gasteiger charge is -2.32. The van der Waals surface area contributed by atoms with E-state index in [9.17, 15) is 19.2 Å². The van der Waals surface area contributed by atoms with Gasteiger partial charge in [0, 0.05) is 91.8 Å². The maximum absolute atomic E-state index is 13.0. The number of hydrogen-bond donors (Lipinski definition) is 0. The Morgan fingerprint density at radius 3 is 0.964 bits per heavy atom. The summed E-state index contributed by atoms with van der Waals surface area (Å²) < 4.78 is 0. The molecule has 55 heavy (non-hydrogen) atoms. The Morgan fingerprint density at radius 2 is 0.673 bits per heavy atom. The second-order valence-electron chi connectivity index (χ2n) is 14.7. The molecule has 4 nitrogen and oxygen atoms in total. The highest BCUT2D eigenvalue weighted by molar-refractivity contribution is 15.0. The van der Waals surface area contributed by atoms with E-state index in [0.29, 0.717) is 45.2 Å². The molecule has 286 valence electrons. The number of ketones is 4. The van der Waals surface area contributed by atoms with E-state index >= 15 is 0 Å². The smallest absolute Gasteiger partial charge is 0.190 e. The van der Waals surface area contributed by atoms with Crippen LogP contribution in [0.3, 0.4) is 0 Å². The zero-order valence-corrected chi connectivity index (χ0v) is 38.9. The van der Waals surface area contributed by atoms with Gasteiger partial charge in [-0.3, -0.25) is 19.2 Å². The summed E-state index contributed by atoms with van der Waals surface area (Å²) in [6.07, 6.45) is 7.92. The lowest BCUT2D eigenvalue weighted by atomic mass is 9.71. The van der Waals surface area contributed by atoms with Crippen molar-refractivity contribution in [3.05, 3.63) is 163 Å². The molecule has 0 N–H and O–H groups in total. The Labute approximate surface area is 374 Å². The van der Waals surface area contributed by atoms with E-state index in [1.807, 2.05) is 62.4 Å². The van der Waals surface area contributed by atoms with Gasteiger partial charge in [0.05, 0.1) is 0 Å². The van der Waals surface area contributed by atoms with Gasteiger partial charge in [0.25, 0.3) is 0 Å². The van der Waals surface area contributed by atoms with Crippen molar-refractivity contribution in [3.8, 4) is 0 Å². The predicted octanol–water partition coefficient (Wildman–Crippen LogP) is 14.4. The van der Waals surface area contributed by atoms with E-state index in [4.69, 9.17) is 23.2 Å². The van der Waals surface area contributed by atoms with Gasteiger partial charge in [-0.2, -0.15) is 0 Å². The average molecular weight is 1110 g/mol. The molecule has 4 aliphatic rings. The molecule has 0 saturated heterocycles. The van der Waals surface area contributed by atoms with Crippen LogP contribution < -0.4 is 0 Å². The van der Waals surface area contributed by atoms with E-state index in [2.05, 4.69) is 61.5 Å². The number of Topliss-reactive ketones (excluding diaryl/α,β-unsaturated/α-hetero) is 4. The maximum Gasteiger partial charge on any atom is 0.190 e. The lowest BCUT2D eigenvalue weighted by Crippen LogP contribution is -2.27. The fourth-order valence-electron chi connectivity index (χ4n) is 8.92. The molecule has 0 unspecified atom stereocenters. The first-order valence-corrected chi connectivity index (χ1v) is 25.6. The van der Waals surface area contributed by atoms with Gasteiger partial charge in [0.15, 0.2) is 23.1 Å². The van der Waals surface area contributed by atoms with Crippen LogP contribution in [-0.2, 0) is 0 Å². The highest BCUT2D eigenvalue weighted by Gasteiger charge is 2.37. The number of halogens is 5. The van der Waals surface area contributed by atoms with Gasteiger partial charge in [0.1, 0.15) is 0 Å². The number of benzene rings is 4. The monoisotopic (exact) mass is 1110 g/mol. The van der Waals surface area contributed by atoms with Crippen molar-refractivity contribution in [3.63, 3.8) is 0 Å². The van der Waals surface area contributed by atoms with Crippen molar-refractivity contribution in [2.75, 3.05) is 0 Å². The Bertz CT molecular complexity index is 1970.